The molecule has 0 bridgehead atoms. The van der Waals surface area contributed by atoms with Gasteiger partial charge in [-0.3, -0.25) is 9.69 Å². The highest BCUT2D eigenvalue weighted by molar-refractivity contribution is 7.10. The van der Waals surface area contributed by atoms with Crippen molar-refractivity contribution in [3.05, 3.63) is 21.9 Å². The Bertz CT molecular complexity index is 531. The molecule has 1 aliphatic carbocycles. The number of likely N-dealkylation sites (tertiary alicyclic amines) is 1. The number of carbonyl (C=O) groups excluding carboxylic acids is 1. The van der Waals surface area contributed by atoms with Crippen LogP contribution in [0.4, 0.5) is 13.2 Å². The highest BCUT2D eigenvalue weighted by Gasteiger charge is 2.33. The Morgan fingerprint density at radius 3 is 2.55 bits per heavy atom. The Morgan fingerprint density at radius 2 is 1.95 bits per heavy atom. The molecule has 1 amide bonds. The van der Waals surface area contributed by atoms with Crippen molar-refractivity contribution in [2.45, 2.75) is 43.8 Å². The van der Waals surface area contributed by atoms with Crippen LogP contribution in [0.5, 0.6) is 0 Å². The van der Waals surface area contributed by atoms with Crippen molar-refractivity contribution >= 4 is 17.2 Å². The number of nitrogens with zero attached hydrogens (tertiary/aromatic N) is 1. The monoisotopic (exact) mass is 332 g/mol. The number of alkyl halides is 3. The Labute approximate surface area is 131 Å². The van der Waals surface area contributed by atoms with Crippen LogP contribution >= 0.6 is 11.3 Å². The Hall–Kier alpha value is -1.08. The largest absolute Gasteiger partial charge is 0.401 e. The molecule has 7 heteroatoms. The summed E-state index contributed by atoms with van der Waals surface area (Å²) >= 11 is 1.62. The van der Waals surface area contributed by atoms with Crippen molar-refractivity contribution in [3.63, 3.8) is 0 Å². The highest BCUT2D eigenvalue weighted by atomic mass is 32.1. The molecule has 2 fully saturated rings. The van der Waals surface area contributed by atoms with Gasteiger partial charge in [0.05, 0.1) is 12.1 Å². The zero-order valence-corrected chi connectivity index (χ0v) is 13.0. The molecular weight excluding hydrogens is 313 g/mol. The summed E-state index contributed by atoms with van der Waals surface area (Å²) < 4.78 is 37.0. The fraction of sp³-hybridized carbons (Fsp3) is 0.667. The first-order chi connectivity index (χ1) is 10.4. The average molecular weight is 332 g/mol. The molecule has 22 heavy (non-hydrogen) atoms. The van der Waals surface area contributed by atoms with Gasteiger partial charge in [-0.05, 0) is 37.7 Å². The maximum Gasteiger partial charge on any atom is 0.401 e. The first-order valence-corrected chi connectivity index (χ1v) is 8.47. The van der Waals surface area contributed by atoms with Gasteiger partial charge in [-0.1, -0.05) is 0 Å². The molecule has 1 aromatic rings. The lowest BCUT2D eigenvalue weighted by molar-refractivity contribution is -0.148. The van der Waals surface area contributed by atoms with E-state index in [1.165, 1.54) is 22.6 Å². The maximum absolute atomic E-state index is 12.3. The quantitative estimate of drug-likeness (QED) is 0.917. The van der Waals surface area contributed by atoms with E-state index in [2.05, 4.69) is 5.32 Å². The Balaban J connectivity index is 1.46. The van der Waals surface area contributed by atoms with Gasteiger partial charge >= 0.3 is 6.18 Å². The minimum Gasteiger partial charge on any atom is -0.349 e. The molecule has 1 aliphatic heterocycles. The average Bonchev–Trinajstić information content (AvgIpc) is 3.17. The van der Waals surface area contributed by atoms with Gasteiger partial charge in [0.25, 0.3) is 5.91 Å². The van der Waals surface area contributed by atoms with Crippen LogP contribution in [0.2, 0.25) is 0 Å². The Kier molecular flexibility index (Phi) is 4.45. The van der Waals surface area contributed by atoms with Crippen molar-refractivity contribution in [2.75, 3.05) is 19.6 Å². The third-order valence-electron chi connectivity index (χ3n) is 4.19. The van der Waals surface area contributed by atoms with Gasteiger partial charge in [0.15, 0.2) is 0 Å². The second kappa shape index (κ2) is 6.20. The summed E-state index contributed by atoms with van der Waals surface area (Å²) in [5, 5.41) is 4.83. The molecule has 0 unspecified atom stereocenters. The van der Waals surface area contributed by atoms with E-state index in [-0.39, 0.29) is 11.9 Å². The molecule has 0 aromatic carbocycles. The van der Waals surface area contributed by atoms with Gasteiger partial charge in [0, 0.05) is 29.4 Å². The van der Waals surface area contributed by atoms with E-state index < -0.39 is 12.7 Å². The van der Waals surface area contributed by atoms with Crippen molar-refractivity contribution in [1.82, 2.24) is 10.2 Å². The summed E-state index contributed by atoms with van der Waals surface area (Å²) in [5.41, 5.74) is 0.685. The Morgan fingerprint density at radius 1 is 1.27 bits per heavy atom. The van der Waals surface area contributed by atoms with Crippen LogP contribution in [0.15, 0.2) is 11.4 Å². The molecule has 3 nitrogen and oxygen atoms in total. The van der Waals surface area contributed by atoms with Gasteiger partial charge < -0.3 is 5.32 Å². The second-order valence-electron chi connectivity index (χ2n) is 6.15. The molecule has 0 atom stereocenters. The van der Waals surface area contributed by atoms with Crippen LogP contribution in [0.25, 0.3) is 0 Å². The van der Waals surface area contributed by atoms with E-state index in [1.54, 1.807) is 11.3 Å². The zero-order chi connectivity index (χ0) is 15.7. The summed E-state index contributed by atoms with van der Waals surface area (Å²) in [6, 6.07) is 1.93. The standard InChI is InChI=1S/C15H19F3N2OS/c16-15(17,18)9-20-5-3-12(4-6-20)19-14(21)11-7-13(22-8-11)10-1-2-10/h7-8,10,12H,1-6,9H2,(H,19,21). The van der Waals surface area contributed by atoms with Crippen molar-refractivity contribution in [2.24, 2.45) is 0 Å². The topological polar surface area (TPSA) is 32.3 Å². The number of piperidine rings is 1. The van der Waals surface area contributed by atoms with Gasteiger partial charge in [-0.2, -0.15) is 13.2 Å². The number of hydrogen-bond donors (Lipinski definition) is 1. The molecule has 2 heterocycles. The minimum atomic E-state index is -4.15. The molecule has 1 saturated carbocycles. The van der Waals surface area contributed by atoms with Gasteiger partial charge in [0.2, 0.25) is 0 Å². The zero-order valence-electron chi connectivity index (χ0n) is 12.2. The van der Waals surface area contributed by atoms with E-state index in [4.69, 9.17) is 0 Å². The van der Waals surface area contributed by atoms with E-state index >= 15 is 0 Å². The van der Waals surface area contributed by atoms with Crippen LogP contribution in [0.3, 0.4) is 0 Å². The van der Waals surface area contributed by atoms with E-state index in [0.717, 1.165) is 0 Å². The lowest BCUT2D eigenvalue weighted by Gasteiger charge is -2.32. The lowest BCUT2D eigenvalue weighted by Crippen LogP contribution is -2.47. The van der Waals surface area contributed by atoms with Gasteiger partial charge in [-0.15, -0.1) is 11.3 Å². The summed E-state index contributed by atoms with van der Waals surface area (Å²) in [6.07, 6.45) is -0.590. The van der Waals surface area contributed by atoms with Gasteiger partial charge in [-0.25, -0.2) is 0 Å². The molecule has 1 saturated heterocycles. The molecule has 1 N–H and O–H groups in total. The summed E-state index contributed by atoms with van der Waals surface area (Å²) in [4.78, 5) is 14.9. The van der Waals surface area contributed by atoms with Crippen LogP contribution in [0, 0.1) is 0 Å². The molecular formula is C15H19F3N2OS. The molecule has 122 valence electrons. The fourth-order valence-corrected chi connectivity index (χ4v) is 3.87. The second-order valence-corrected chi connectivity index (χ2v) is 7.09. The molecule has 3 rings (SSSR count). The first kappa shape index (κ1) is 15.8. The summed E-state index contributed by atoms with van der Waals surface area (Å²) in [7, 11) is 0. The van der Waals surface area contributed by atoms with Crippen molar-refractivity contribution in [1.29, 1.82) is 0 Å². The van der Waals surface area contributed by atoms with E-state index in [1.807, 2.05) is 11.4 Å². The molecule has 1 aromatic heterocycles. The van der Waals surface area contributed by atoms with E-state index in [9.17, 15) is 18.0 Å². The third-order valence-corrected chi connectivity index (χ3v) is 5.28. The number of thiophene rings is 1. The number of nitrogens with one attached hydrogen (secondary N) is 1. The van der Waals surface area contributed by atoms with Crippen LogP contribution in [0.1, 0.15) is 46.8 Å². The molecule has 2 aliphatic rings. The SMILES string of the molecule is O=C(NC1CCN(CC(F)(F)F)CC1)c1csc(C2CC2)c1. The normalized spacial score (nSPS) is 21.0. The van der Waals surface area contributed by atoms with Crippen LogP contribution in [-0.4, -0.2) is 42.7 Å². The van der Waals surface area contributed by atoms with Crippen molar-refractivity contribution < 1.29 is 18.0 Å². The predicted molar refractivity (Wildman–Crippen MR) is 79.3 cm³/mol. The van der Waals surface area contributed by atoms with Crippen LogP contribution < -0.4 is 5.32 Å². The minimum absolute atomic E-state index is 0.0266. The smallest absolute Gasteiger partial charge is 0.349 e. The highest BCUT2D eigenvalue weighted by Crippen LogP contribution is 2.42. The number of carbonyl (C=O) groups is 1. The maximum atomic E-state index is 12.3. The predicted octanol–water partition coefficient (Wildman–Crippen LogP) is 3.38. The lowest BCUT2D eigenvalue weighted by atomic mass is 10.0. The number of halogens is 3. The fourth-order valence-electron chi connectivity index (χ4n) is 2.81. The molecule has 0 spiro atoms. The third kappa shape index (κ3) is 4.23. The summed E-state index contributed by atoms with van der Waals surface area (Å²) in [6.45, 7) is -0.105. The number of amides is 1. The molecule has 0 radical (unpaired) electrons. The number of rotatable bonds is 4. The van der Waals surface area contributed by atoms with Crippen LogP contribution in [-0.2, 0) is 0 Å². The van der Waals surface area contributed by atoms with E-state index in [0.29, 0.717) is 37.4 Å². The number of hydrogen-bond acceptors (Lipinski definition) is 3. The van der Waals surface area contributed by atoms with Gasteiger partial charge in [0.1, 0.15) is 0 Å². The van der Waals surface area contributed by atoms with Crippen molar-refractivity contribution in [3.8, 4) is 0 Å². The first-order valence-electron chi connectivity index (χ1n) is 7.59. The summed E-state index contributed by atoms with van der Waals surface area (Å²) in [5.74, 6) is 0.537.